The summed E-state index contributed by atoms with van der Waals surface area (Å²) in [7, 11) is 0. The molecule has 286 valence electrons. The fraction of sp³-hybridized carbons (Fsp3) is 0.370. The third-order valence-electron chi connectivity index (χ3n) is 10.3. The predicted molar refractivity (Wildman–Crippen MR) is 223 cm³/mol. The number of hydrogen-bond donors (Lipinski definition) is 1. The van der Waals surface area contributed by atoms with E-state index in [9.17, 15) is 9.59 Å². The Balaban J connectivity index is 1.13. The number of carbonyl (C=O) groups excluding carboxylic acids is 2. The number of benzene rings is 2. The lowest BCUT2D eigenvalue weighted by Crippen LogP contribution is -2.39. The third kappa shape index (κ3) is 9.39. The van der Waals surface area contributed by atoms with Crippen LogP contribution < -0.4 is 0 Å². The molecule has 0 saturated heterocycles. The number of aromatic nitrogens is 3. The molecule has 2 aliphatic rings. The summed E-state index contributed by atoms with van der Waals surface area (Å²) in [6.07, 6.45) is 21.3. The lowest BCUT2D eigenvalue weighted by atomic mass is 9.92. The second-order valence-corrected chi connectivity index (χ2v) is 14.7. The van der Waals surface area contributed by atoms with Crippen LogP contribution in [0.2, 0.25) is 0 Å². The van der Waals surface area contributed by atoms with E-state index in [1.54, 1.807) is 6.20 Å². The van der Waals surface area contributed by atoms with E-state index in [4.69, 9.17) is 14.4 Å². The highest BCUT2D eigenvalue weighted by molar-refractivity contribution is 5.92. The van der Waals surface area contributed by atoms with Crippen LogP contribution in [-0.2, 0) is 16.1 Å². The van der Waals surface area contributed by atoms with Crippen LogP contribution in [0.5, 0.6) is 0 Å². The number of hydrogen-bond acceptors (Lipinski definition) is 7. The molecule has 0 saturated carbocycles. The quantitative estimate of drug-likeness (QED) is 0.0854. The maximum Gasteiger partial charge on any atom is 0.230 e. The minimum Gasteiger partial charge on any atom is -0.436 e. The summed E-state index contributed by atoms with van der Waals surface area (Å²) in [6.45, 7) is 17.1. The van der Waals surface area contributed by atoms with E-state index >= 15 is 0 Å². The SMILES string of the molecule is C=C(C(C=O)C1=CCCC=C1)N(CCC)Cc1nc2ccc(-c3cnc(-c4ccc(N=C(C)CN(CCC)C(=O)C(C)C5=CCCC=C5)c(C)c4)o3)cc2[nH]1. The summed E-state index contributed by atoms with van der Waals surface area (Å²) in [5.41, 5.74) is 9.13. The molecule has 4 aromatic rings. The first kappa shape index (κ1) is 39.1. The van der Waals surface area contributed by atoms with Gasteiger partial charge in [0.05, 0.1) is 47.8 Å². The van der Waals surface area contributed by atoms with Crippen LogP contribution >= 0.6 is 0 Å². The highest BCUT2D eigenvalue weighted by Gasteiger charge is 2.24. The predicted octanol–water partition coefficient (Wildman–Crippen LogP) is 10.3. The molecule has 2 unspecified atom stereocenters. The van der Waals surface area contributed by atoms with Crippen LogP contribution in [0.3, 0.4) is 0 Å². The molecule has 1 N–H and O–H groups in total. The molecule has 0 spiro atoms. The molecule has 2 aliphatic carbocycles. The van der Waals surface area contributed by atoms with E-state index in [2.05, 4.69) is 65.7 Å². The van der Waals surface area contributed by atoms with E-state index in [1.165, 1.54) is 0 Å². The molecule has 0 fully saturated rings. The molecular formula is C46H54N6O3. The number of nitrogens with one attached hydrogen (secondary N) is 1. The lowest BCUT2D eigenvalue weighted by molar-refractivity contribution is -0.133. The maximum atomic E-state index is 13.5. The molecule has 2 aromatic heterocycles. The Kier molecular flexibility index (Phi) is 12.9. The minimum atomic E-state index is -0.369. The molecule has 6 rings (SSSR count). The van der Waals surface area contributed by atoms with Gasteiger partial charge in [-0.25, -0.2) is 9.97 Å². The molecule has 1 amide bonds. The number of allylic oxidation sites excluding steroid dienone is 7. The van der Waals surface area contributed by atoms with Crippen LogP contribution in [0, 0.1) is 18.8 Å². The maximum absolute atomic E-state index is 13.5. The normalized spacial score (nSPS) is 15.4. The Bertz CT molecular complexity index is 2180. The van der Waals surface area contributed by atoms with Gasteiger partial charge in [0.15, 0.2) is 5.76 Å². The monoisotopic (exact) mass is 738 g/mol. The molecular weight excluding hydrogens is 685 g/mol. The molecule has 9 nitrogen and oxygen atoms in total. The molecule has 0 radical (unpaired) electrons. The van der Waals surface area contributed by atoms with Crippen molar-refractivity contribution in [1.29, 1.82) is 0 Å². The van der Waals surface area contributed by atoms with Gasteiger partial charge in [-0.15, -0.1) is 0 Å². The number of aromatic amines is 1. The Labute approximate surface area is 325 Å². The highest BCUT2D eigenvalue weighted by atomic mass is 16.4. The number of aryl methyl sites for hydroxylation is 1. The zero-order chi connectivity index (χ0) is 38.9. The number of amides is 1. The van der Waals surface area contributed by atoms with E-state index < -0.39 is 0 Å². The van der Waals surface area contributed by atoms with Gasteiger partial charge >= 0.3 is 0 Å². The Morgan fingerprint density at radius 2 is 1.69 bits per heavy atom. The zero-order valence-electron chi connectivity index (χ0n) is 33.0. The second kappa shape index (κ2) is 18.2. The highest BCUT2D eigenvalue weighted by Crippen LogP contribution is 2.32. The van der Waals surface area contributed by atoms with Crippen LogP contribution in [0.1, 0.15) is 77.6 Å². The van der Waals surface area contributed by atoms with Crippen molar-refractivity contribution in [3.8, 4) is 22.8 Å². The summed E-state index contributed by atoms with van der Waals surface area (Å²) < 4.78 is 6.29. The van der Waals surface area contributed by atoms with Crippen molar-refractivity contribution in [3.05, 3.63) is 114 Å². The van der Waals surface area contributed by atoms with Crippen molar-refractivity contribution in [2.45, 2.75) is 79.7 Å². The summed E-state index contributed by atoms with van der Waals surface area (Å²) >= 11 is 0. The first-order valence-electron chi connectivity index (χ1n) is 19.7. The van der Waals surface area contributed by atoms with Gasteiger partial charge in [0.1, 0.15) is 12.1 Å². The minimum absolute atomic E-state index is 0.142. The number of imidazole rings is 1. The number of fused-ring (bicyclic) bond motifs is 1. The van der Waals surface area contributed by atoms with Gasteiger partial charge in [-0.1, -0.05) is 56.9 Å². The number of carbonyl (C=O) groups is 2. The molecule has 2 atom stereocenters. The van der Waals surface area contributed by atoms with Crippen molar-refractivity contribution in [1.82, 2.24) is 24.8 Å². The van der Waals surface area contributed by atoms with E-state index in [0.29, 0.717) is 31.3 Å². The molecule has 55 heavy (non-hydrogen) atoms. The largest absolute Gasteiger partial charge is 0.436 e. The van der Waals surface area contributed by atoms with Crippen molar-refractivity contribution in [2.24, 2.45) is 16.8 Å². The molecule has 2 aromatic carbocycles. The van der Waals surface area contributed by atoms with Crippen LogP contribution in [-0.4, -0.2) is 62.3 Å². The number of aldehydes is 1. The first-order valence-corrected chi connectivity index (χ1v) is 19.7. The van der Waals surface area contributed by atoms with Gasteiger partial charge in [-0.2, -0.15) is 0 Å². The molecule has 9 heteroatoms. The first-order chi connectivity index (χ1) is 26.7. The zero-order valence-corrected chi connectivity index (χ0v) is 33.0. The average Bonchev–Trinajstić information content (AvgIpc) is 3.86. The number of rotatable bonds is 17. The van der Waals surface area contributed by atoms with Crippen molar-refractivity contribution < 1.29 is 14.0 Å². The van der Waals surface area contributed by atoms with Crippen LogP contribution in [0.15, 0.2) is 112 Å². The van der Waals surface area contributed by atoms with Crippen LogP contribution in [0.25, 0.3) is 33.8 Å². The Morgan fingerprint density at radius 3 is 2.36 bits per heavy atom. The number of aliphatic imine (C=N–C) groups is 1. The van der Waals surface area contributed by atoms with Gasteiger partial charge < -0.3 is 24.0 Å². The number of nitrogens with zero attached hydrogens (tertiary/aromatic N) is 5. The van der Waals surface area contributed by atoms with E-state index in [1.807, 2.05) is 68.1 Å². The van der Waals surface area contributed by atoms with Crippen molar-refractivity contribution in [2.75, 3.05) is 19.6 Å². The standard InChI is InChI=1S/C46H54N6O3/c1-7-23-51(34(6)39(30-53)36-17-13-10-14-18-36)29-44-49-41-22-19-37(26-42(41)50-44)43-27-47-45(55-43)38-20-21-40(31(3)25-38)48-32(4)28-52(24-8-2)46(54)33(5)35-15-11-9-12-16-35/h11,13,15-22,25-27,30,33,39H,6-10,12,14,23-24,28-29H2,1-5H3,(H,49,50). The third-order valence-corrected chi connectivity index (χ3v) is 10.3. The fourth-order valence-corrected chi connectivity index (χ4v) is 7.36. The lowest BCUT2D eigenvalue weighted by Gasteiger charge is -2.29. The molecule has 0 bridgehead atoms. The van der Waals surface area contributed by atoms with E-state index in [-0.39, 0.29) is 17.7 Å². The van der Waals surface area contributed by atoms with E-state index in [0.717, 1.165) is 113 Å². The summed E-state index contributed by atoms with van der Waals surface area (Å²) in [4.78, 5) is 47.7. The van der Waals surface area contributed by atoms with Crippen molar-refractivity contribution >= 4 is 34.6 Å². The van der Waals surface area contributed by atoms with Gasteiger partial charge in [0.2, 0.25) is 11.8 Å². The summed E-state index contributed by atoms with van der Waals surface area (Å²) in [5.74, 6) is 1.59. The van der Waals surface area contributed by atoms with Gasteiger partial charge in [-0.3, -0.25) is 9.79 Å². The molecule has 2 heterocycles. The average molecular weight is 739 g/mol. The van der Waals surface area contributed by atoms with Gasteiger partial charge in [-0.05, 0) is 112 Å². The smallest absolute Gasteiger partial charge is 0.230 e. The Hall–Kier alpha value is -5.57. The van der Waals surface area contributed by atoms with Gasteiger partial charge in [0, 0.05) is 35.6 Å². The number of oxazole rings is 1. The van der Waals surface area contributed by atoms with Crippen molar-refractivity contribution in [3.63, 3.8) is 0 Å². The fourth-order valence-electron chi connectivity index (χ4n) is 7.36. The molecule has 0 aliphatic heterocycles. The topological polar surface area (TPSA) is 108 Å². The summed E-state index contributed by atoms with van der Waals surface area (Å²) in [6, 6.07) is 12.0. The second-order valence-electron chi connectivity index (χ2n) is 14.7. The van der Waals surface area contributed by atoms with Gasteiger partial charge in [0.25, 0.3) is 0 Å². The summed E-state index contributed by atoms with van der Waals surface area (Å²) in [5, 5.41) is 0. The number of H-pyrrole nitrogens is 1. The Morgan fingerprint density at radius 1 is 0.982 bits per heavy atom. The van der Waals surface area contributed by atoms with Crippen LogP contribution in [0.4, 0.5) is 5.69 Å².